The van der Waals surface area contributed by atoms with Crippen molar-refractivity contribution in [3.63, 3.8) is 0 Å². The van der Waals surface area contributed by atoms with Gasteiger partial charge in [-0.25, -0.2) is 0 Å². The molecule has 0 aliphatic rings. The summed E-state index contributed by atoms with van der Waals surface area (Å²) in [4.78, 5) is 3.74. The number of nitrogens with two attached hydrogens (primary N) is 1. The molecule has 86 valence electrons. The Morgan fingerprint density at radius 3 is 2.75 bits per heavy atom. The Bertz CT molecular complexity index is 419. The Labute approximate surface area is 89.7 Å². The minimum Gasteiger partial charge on any atom is -0.402 e. The minimum absolute atomic E-state index is 0.0693. The van der Waals surface area contributed by atoms with Gasteiger partial charge in [-0.3, -0.25) is 4.99 Å². The molecule has 0 spiro atoms. The molecule has 0 aliphatic carbocycles. The van der Waals surface area contributed by atoms with E-state index in [2.05, 4.69) is 15.2 Å². The molecule has 0 saturated heterocycles. The molecule has 0 aliphatic heterocycles. The van der Waals surface area contributed by atoms with Crippen molar-refractivity contribution in [3.05, 3.63) is 29.7 Å². The first-order valence-electron chi connectivity index (χ1n) is 4.26. The van der Waals surface area contributed by atoms with Crippen molar-refractivity contribution in [2.75, 3.05) is 0 Å². The predicted molar refractivity (Wildman–Crippen MR) is 53.1 cm³/mol. The maximum Gasteiger partial charge on any atom is 0.435 e. The molecule has 0 saturated carbocycles. The smallest absolute Gasteiger partial charge is 0.402 e. The van der Waals surface area contributed by atoms with Crippen LogP contribution in [0.3, 0.4) is 0 Å². The molecular weight excluding hydrogens is 221 g/mol. The first-order valence-corrected chi connectivity index (χ1v) is 4.26. The van der Waals surface area contributed by atoms with Crippen LogP contribution in [0.5, 0.6) is 0 Å². The van der Waals surface area contributed by atoms with Crippen LogP contribution in [0.4, 0.5) is 18.9 Å². The van der Waals surface area contributed by atoms with E-state index < -0.39 is 11.9 Å². The lowest BCUT2D eigenvalue weighted by atomic mass is 10.3. The molecule has 0 amide bonds. The zero-order valence-corrected chi connectivity index (χ0v) is 8.36. The van der Waals surface area contributed by atoms with Gasteiger partial charge >= 0.3 is 6.18 Å². The largest absolute Gasteiger partial charge is 0.435 e. The van der Waals surface area contributed by atoms with Crippen molar-refractivity contribution in [1.82, 2.24) is 10.2 Å². The van der Waals surface area contributed by atoms with Crippen molar-refractivity contribution in [1.29, 1.82) is 0 Å². The van der Waals surface area contributed by atoms with Gasteiger partial charge in [0.2, 0.25) is 0 Å². The Morgan fingerprint density at radius 1 is 1.50 bits per heavy atom. The van der Waals surface area contributed by atoms with Crippen LogP contribution in [0.25, 0.3) is 0 Å². The summed E-state index contributed by atoms with van der Waals surface area (Å²) in [5.41, 5.74) is 4.82. The van der Waals surface area contributed by atoms with Gasteiger partial charge in [0.15, 0.2) is 5.69 Å². The van der Waals surface area contributed by atoms with E-state index in [1.54, 1.807) is 6.92 Å². The van der Waals surface area contributed by atoms with Gasteiger partial charge in [-0.15, -0.1) is 5.10 Å². The highest BCUT2D eigenvalue weighted by Gasteiger charge is 2.33. The number of nitrogens with zero attached hydrogens (tertiary/aromatic N) is 3. The summed E-state index contributed by atoms with van der Waals surface area (Å²) in [5, 5.41) is 6.18. The Balaban J connectivity index is 2.92. The molecule has 0 unspecified atom stereocenters. The second-order valence-electron chi connectivity index (χ2n) is 2.99. The number of halogens is 3. The van der Waals surface area contributed by atoms with Crippen molar-refractivity contribution >= 4 is 11.9 Å². The van der Waals surface area contributed by atoms with E-state index in [1.165, 1.54) is 12.3 Å². The lowest BCUT2D eigenvalue weighted by Crippen LogP contribution is -2.08. The van der Waals surface area contributed by atoms with E-state index in [1.807, 2.05) is 0 Å². The second-order valence-corrected chi connectivity index (χ2v) is 2.99. The van der Waals surface area contributed by atoms with Crippen molar-refractivity contribution in [2.45, 2.75) is 13.1 Å². The highest BCUT2D eigenvalue weighted by atomic mass is 19.4. The van der Waals surface area contributed by atoms with Gasteiger partial charge in [0.05, 0.1) is 11.9 Å². The minimum atomic E-state index is -4.52. The zero-order valence-electron chi connectivity index (χ0n) is 8.36. The van der Waals surface area contributed by atoms with Crippen LogP contribution in [0.2, 0.25) is 0 Å². The van der Waals surface area contributed by atoms with Gasteiger partial charge in [0.1, 0.15) is 0 Å². The van der Waals surface area contributed by atoms with E-state index in [-0.39, 0.29) is 5.69 Å². The molecule has 0 radical (unpaired) electrons. The topological polar surface area (TPSA) is 64.2 Å². The molecule has 0 fully saturated rings. The van der Waals surface area contributed by atoms with Gasteiger partial charge in [0, 0.05) is 11.9 Å². The summed E-state index contributed by atoms with van der Waals surface area (Å²) in [6.45, 7) is 1.64. The van der Waals surface area contributed by atoms with Crippen molar-refractivity contribution in [2.24, 2.45) is 10.7 Å². The third-order valence-electron chi connectivity index (χ3n) is 1.49. The highest BCUT2D eigenvalue weighted by molar-refractivity contribution is 5.74. The number of hydrogen-bond acceptors (Lipinski definition) is 4. The molecule has 0 aromatic carbocycles. The van der Waals surface area contributed by atoms with E-state index >= 15 is 0 Å². The molecule has 2 N–H and O–H groups in total. The summed E-state index contributed by atoms with van der Waals surface area (Å²) in [6, 6.07) is 0.809. The van der Waals surface area contributed by atoms with Crippen LogP contribution in [-0.4, -0.2) is 16.4 Å². The van der Waals surface area contributed by atoms with Crippen LogP contribution < -0.4 is 5.73 Å². The third kappa shape index (κ3) is 3.68. The second kappa shape index (κ2) is 4.73. The monoisotopic (exact) mass is 230 g/mol. The number of rotatable bonds is 2. The molecule has 7 heteroatoms. The van der Waals surface area contributed by atoms with Gasteiger partial charge in [-0.2, -0.15) is 18.3 Å². The van der Waals surface area contributed by atoms with E-state index in [0.717, 1.165) is 12.3 Å². The molecule has 1 aromatic rings. The Kier molecular flexibility index (Phi) is 3.60. The zero-order chi connectivity index (χ0) is 12.2. The Hall–Kier alpha value is -1.92. The lowest BCUT2D eigenvalue weighted by molar-refractivity contribution is -0.141. The van der Waals surface area contributed by atoms with Gasteiger partial charge in [-0.1, -0.05) is 0 Å². The summed E-state index contributed by atoms with van der Waals surface area (Å²) < 4.78 is 36.7. The summed E-state index contributed by atoms with van der Waals surface area (Å²) in [5.74, 6) is 0. The summed E-state index contributed by atoms with van der Waals surface area (Å²) >= 11 is 0. The SMILES string of the molecule is CC(N)=CC=Nc1cnnc(C(F)(F)F)c1. The van der Waals surface area contributed by atoms with Crippen molar-refractivity contribution in [3.8, 4) is 0 Å². The maximum absolute atomic E-state index is 12.2. The first kappa shape index (κ1) is 12.2. The van der Waals surface area contributed by atoms with E-state index in [0.29, 0.717) is 5.70 Å². The number of aliphatic imine (C=N–C) groups is 1. The van der Waals surface area contributed by atoms with Crippen LogP contribution in [0.15, 0.2) is 29.0 Å². The fraction of sp³-hybridized carbons (Fsp3) is 0.222. The average Bonchev–Trinajstić information content (AvgIpc) is 2.16. The standard InChI is InChI=1S/C9H9F3N4/c1-6(13)2-3-14-7-4-8(9(10,11)12)16-15-5-7/h2-5H,13H2,1H3. The number of aromatic nitrogens is 2. The van der Waals surface area contributed by atoms with Gasteiger partial charge in [-0.05, 0) is 19.1 Å². The fourth-order valence-electron chi connectivity index (χ4n) is 0.806. The summed E-state index contributed by atoms with van der Waals surface area (Å²) in [6.07, 6.45) is -0.621. The van der Waals surface area contributed by atoms with E-state index in [4.69, 9.17) is 5.73 Å². The maximum atomic E-state index is 12.2. The van der Waals surface area contributed by atoms with Crippen LogP contribution >= 0.6 is 0 Å². The molecule has 1 heterocycles. The molecule has 0 bridgehead atoms. The molecule has 1 aromatic heterocycles. The van der Waals surface area contributed by atoms with Crippen molar-refractivity contribution < 1.29 is 13.2 Å². The normalized spacial score (nSPS) is 13.4. The third-order valence-corrected chi connectivity index (χ3v) is 1.49. The first-order chi connectivity index (χ1) is 7.39. The number of hydrogen-bond donors (Lipinski definition) is 1. The number of allylic oxidation sites excluding steroid dienone is 2. The average molecular weight is 230 g/mol. The summed E-state index contributed by atoms with van der Waals surface area (Å²) in [7, 11) is 0. The van der Waals surface area contributed by atoms with Crippen LogP contribution in [0.1, 0.15) is 12.6 Å². The fourth-order valence-corrected chi connectivity index (χ4v) is 0.806. The number of alkyl halides is 3. The van der Waals surface area contributed by atoms with Crippen LogP contribution in [0, 0.1) is 0 Å². The predicted octanol–water partition coefficient (Wildman–Crippen LogP) is 2.06. The highest BCUT2D eigenvalue weighted by Crippen LogP contribution is 2.28. The van der Waals surface area contributed by atoms with Gasteiger partial charge in [0.25, 0.3) is 0 Å². The molecule has 16 heavy (non-hydrogen) atoms. The molecule has 0 atom stereocenters. The quantitative estimate of drug-likeness (QED) is 0.791. The van der Waals surface area contributed by atoms with E-state index in [9.17, 15) is 13.2 Å². The lowest BCUT2D eigenvalue weighted by Gasteiger charge is -2.03. The molecule has 4 nitrogen and oxygen atoms in total. The molecule has 1 rings (SSSR count). The Morgan fingerprint density at radius 2 is 2.19 bits per heavy atom. The van der Waals surface area contributed by atoms with Crippen LogP contribution in [-0.2, 0) is 6.18 Å². The van der Waals surface area contributed by atoms with Gasteiger partial charge < -0.3 is 5.73 Å². The molecular formula is C9H9F3N4.